The Morgan fingerprint density at radius 3 is 2.57 bits per heavy atom. The van der Waals surface area contributed by atoms with Crippen LogP contribution in [0.15, 0.2) is 23.1 Å². The molecule has 0 atom stereocenters. The van der Waals surface area contributed by atoms with Crippen LogP contribution in [0.25, 0.3) is 0 Å². The molecule has 0 aliphatic heterocycles. The van der Waals surface area contributed by atoms with Crippen LogP contribution in [0.3, 0.4) is 0 Å². The predicted octanol–water partition coefficient (Wildman–Crippen LogP) is 0.692. The van der Waals surface area contributed by atoms with Gasteiger partial charge >= 0.3 is 5.69 Å². The maximum Gasteiger partial charge on any atom is 0.312 e. The van der Waals surface area contributed by atoms with Crippen molar-refractivity contribution in [2.45, 2.75) is 23.8 Å². The summed E-state index contributed by atoms with van der Waals surface area (Å²) in [6.45, 7) is 0.244. The molecule has 0 aromatic heterocycles. The number of nitro benzene ring substituents is 1. The Balaban J connectivity index is 2.22. The second-order valence-corrected chi connectivity index (χ2v) is 7.23. The molecule has 21 heavy (non-hydrogen) atoms. The summed E-state index contributed by atoms with van der Waals surface area (Å²) < 4.78 is 25.8. The van der Waals surface area contributed by atoms with Crippen LogP contribution in [0.2, 0.25) is 0 Å². The Bertz CT molecular complexity index is 654. The fourth-order valence-electron chi connectivity index (χ4n) is 2.30. The third kappa shape index (κ3) is 3.14. The summed E-state index contributed by atoms with van der Waals surface area (Å²) in [7, 11) is -2.48. The molecule has 1 aliphatic rings. The van der Waals surface area contributed by atoms with Gasteiger partial charge in [0.2, 0.25) is 10.0 Å². The molecule has 0 bridgehead atoms. The van der Waals surface area contributed by atoms with Crippen molar-refractivity contribution in [3.63, 3.8) is 0 Å². The first-order valence-electron chi connectivity index (χ1n) is 6.33. The van der Waals surface area contributed by atoms with Gasteiger partial charge in [-0.25, -0.2) is 12.7 Å². The lowest BCUT2D eigenvalue weighted by molar-refractivity contribution is -0.386. The number of hydrogen-bond donors (Lipinski definition) is 2. The van der Waals surface area contributed by atoms with Gasteiger partial charge < -0.3 is 10.2 Å². The lowest BCUT2D eigenvalue weighted by Gasteiger charge is -2.34. The summed E-state index contributed by atoms with van der Waals surface area (Å²) in [5.41, 5.74) is -0.649. The number of nitro groups is 1. The molecule has 1 aromatic carbocycles. The van der Waals surface area contributed by atoms with Gasteiger partial charge in [-0.05, 0) is 30.9 Å². The number of hydrogen-bond acceptors (Lipinski definition) is 6. The zero-order valence-electron chi connectivity index (χ0n) is 11.3. The molecule has 1 aromatic rings. The van der Waals surface area contributed by atoms with Crippen molar-refractivity contribution >= 4 is 15.7 Å². The van der Waals surface area contributed by atoms with Crippen molar-refractivity contribution in [2.24, 2.45) is 5.92 Å². The van der Waals surface area contributed by atoms with E-state index >= 15 is 0 Å². The number of rotatable bonds is 5. The van der Waals surface area contributed by atoms with Gasteiger partial charge in [-0.1, -0.05) is 0 Å². The summed E-state index contributed by atoms with van der Waals surface area (Å²) in [6.07, 6.45) is 0.728. The second-order valence-electron chi connectivity index (χ2n) is 5.18. The first kappa shape index (κ1) is 15.7. The number of phenolic OH excluding ortho intramolecular Hbond substituents is 1. The van der Waals surface area contributed by atoms with E-state index in [4.69, 9.17) is 0 Å². The summed E-state index contributed by atoms with van der Waals surface area (Å²) in [4.78, 5) is 9.67. The van der Waals surface area contributed by atoms with Crippen molar-refractivity contribution in [2.75, 3.05) is 13.6 Å². The minimum Gasteiger partial charge on any atom is -0.502 e. The summed E-state index contributed by atoms with van der Waals surface area (Å²) in [5.74, 6) is -0.490. The fourth-order valence-corrected chi connectivity index (χ4v) is 3.57. The number of phenols is 1. The molecular weight excluding hydrogens is 300 g/mol. The number of aliphatic hydroxyl groups is 1. The normalized spacial score (nSPS) is 22.0. The monoisotopic (exact) mass is 316 g/mol. The van der Waals surface area contributed by atoms with Crippen LogP contribution in [0.4, 0.5) is 5.69 Å². The topological polar surface area (TPSA) is 121 Å². The molecule has 8 nitrogen and oxygen atoms in total. The van der Waals surface area contributed by atoms with E-state index in [0.717, 1.165) is 22.5 Å². The van der Waals surface area contributed by atoms with E-state index < -0.39 is 26.4 Å². The standard InChI is InChI=1S/C12H16N2O6S/c1-13(7-8-4-9(15)5-8)21(19,20)10-2-3-12(16)11(6-10)14(17)18/h2-3,6,8-9,15-16H,4-5,7H2,1H3. The van der Waals surface area contributed by atoms with Gasteiger partial charge in [0, 0.05) is 19.7 Å². The molecule has 2 N–H and O–H groups in total. The van der Waals surface area contributed by atoms with Gasteiger partial charge in [-0.3, -0.25) is 10.1 Å². The predicted molar refractivity (Wildman–Crippen MR) is 73.3 cm³/mol. The number of aliphatic hydroxyl groups excluding tert-OH is 1. The van der Waals surface area contributed by atoms with Crippen molar-refractivity contribution in [1.29, 1.82) is 0 Å². The first-order chi connectivity index (χ1) is 9.71. The van der Waals surface area contributed by atoms with Crippen LogP contribution in [0.5, 0.6) is 5.75 Å². The molecular formula is C12H16N2O6S. The molecule has 2 rings (SSSR count). The molecule has 116 valence electrons. The van der Waals surface area contributed by atoms with Crippen LogP contribution in [-0.2, 0) is 10.0 Å². The highest BCUT2D eigenvalue weighted by atomic mass is 32.2. The van der Waals surface area contributed by atoms with Crippen molar-refractivity contribution in [1.82, 2.24) is 4.31 Å². The van der Waals surface area contributed by atoms with E-state index in [9.17, 15) is 28.7 Å². The summed E-state index contributed by atoms with van der Waals surface area (Å²) in [6, 6.07) is 2.96. The van der Waals surface area contributed by atoms with Crippen LogP contribution < -0.4 is 0 Å². The third-order valence-corrected chi connectivity index (χ3v) is 5.40. The quantitative estimate of drug-likeness (QED) is 0.609. The number of sulfonamides is 1. The van der Waals surface area contributed by atoms with Crippen LogP contribution >= 0.6 is 0 Å². The van der Waals surface area contributed by atoms with Gasteiger partial charge in [-0.2, -0.15) is 0 Å². The molecule has 0 spiro atoms. The van der Waals surface area contributed by atoms with Crippen molar-refractivity contribution in [3.05, 3.63) is 28.3 Å². The van der Waals surface area contributed by atoms with E-state index in [2.05, 4.69) is 0 Å². The van der Waals surface area contributed by atoms with Crippen LogP contribution in [0.1, 0.15) is 12.8 Å². The minimum atomic E-state index is -3.86. The highest BCUT2D eigenvalue weighted by Gasteiger charge is 2.32. The maximum absolute atomic E-state index is 12.3. The highest BCUT2D eigenvalue weighted by molar-refractivity contribution is 7.89. The Morgan fingerprint density at radius 1 is 1.43 bits per heavy atom. The van der Waals surface area contributed by atoms with Gasteiger partial charge in [0.1, 0.15) is 0 Å². The van der Waals surface area contributed by atoms with Gasteiger partial charge in [0.05, 0.1) is 15.9 Å². The maximum atomic E-state index is 12.3. The van der Waals surface area contributed by atoms with E-state index in [1.807, 2.05) is 0 Å². The molecule has 1 fully saturated rings. The Morgan fingerprint density at radius 2 is 2.05 bits per heavy atom. The van der Waals surface area contributed by atoms with Gasteiger partial charge in [0.25, 0.3) is 0 Å². The lowest BCUT2D eigenvalue weighted by atomic mass is 9.82. The zero-order valence-corrected chi connectivity index (χ0v) is 12.2. The summed E-state index contributed by atoms with van der Waals surface area (Å²) in [5, 5.41) is 29.3. The molecule has 0 heterocycles. The average Bonchev–Trinajstić information content (AvgIpc) is 2.36. The SMILES string of the molecule is CN(CC1CC(O)C1)S(=O)(=O)c1ccc(O)c([N+](=O)[O-])c1. The number of aromatic hydroxyl groups is 1. The Hall–Kier alpha value is -1.71. The van der Waals surface area contributed by atoms with Crippen molar-refractivity contribution in [3.8, 4) is 5.75 Å². The zero-order chi connectivity index (χ0) is 15.8. The van der Waals surface area contributed by atoms with Gasteiger partial charge in [-0.15, -0.1) is 0 Å². The van der Waals surface area contributed by atoms with E-state index in [1.54, 1.807) is 0 Å². The molecule has 0 amide bonds. The van der Waals surface area contributed by atoms with E-state index in [1.165, 1.54) is 7.05 Å². The molecule has 1 aliphatic carbocycles. The Labute approximate surface area is 121 Å². The molecule has 1 saturated carbocycles. The van der Waals surface area contributed by atoms with E-state index in [0.29, 0.717) is 12.8 Å². The second kappa shape index (κ2) is 5.58. The number of nitrogens with zero attached hydrogens (tertiary/aromatic N) is 2. The average molecular weight is 316 g/mol. The van der Waals surface area contributed by atoms with E-state index in [-0.39, 0.29) is 23.5 Å². The molecule has 9 heteroatoms. The van der Waals surface area contributed by atoms with Crippen LogP contribution in [0, 0.1) is 16.0 Å². The third-order valence-electron chi connectivity index (χ3n) is 3.58. The number of benzene rings is 1. The van der Waals surface area contributed by atoms with Gasteiger partial charge in [0.15, 0.2) is 5.75 Å². The first-order valence-corrected chi connectivity index (χ1v) is 7.77. The highest BCUT2D eigenvalue weighted by Crippen LogP contribution is 2.31. The smallest absolute Gasteiger partial charge is 0.312 e. The minimum absolute atomic E-state index is 0.0897. The lowest BCUT2D eigenvalue weighted by Crippen LogP contribution is -2.39. The molecule has 0 saturated heterocycles. The molecule has 0 radical (unpaired) electrons. The summed E-state index contributed by atoms with van der Waals surface area (Å²) >= 11 is 0. The fraction of sp³-hybridized carbons (Fsp3) is 0.500. The van der Waals surface area contributed by atoms with Crippen LogP contribution in [-0.4, -0.2) is 47.6 Å². The Kier molecular flexibility index (Phi) is 4.17. The largest absolute Gasteiger partial charge is 0.502 e. The van der Waals surface area contributed by atoms with Crippen molar-refractivity contribution < 1.29 is 23.6 Å². The molecule has 0 unspecified atom stereocenters.